The summed E-state index contributed by atoms with van der Waals surface area (Å²) in [4.78, 5) is 11.2. The van der Waals surface area contributed by atoms with Crippen LogP contribution in [0.3, 0.4) is 0 Å². The molecule has 0 heterocycles. The molecule has 0 radical (unpaired) electrons. The predicted octanol–water partition coefficient (Wildman–Crippen LogP) is 4.01. The lowest BCUT2D eigenvalue weighted by molar-refractivity contribution is 0.0695. The van der Waals surface area contributed by atoms with E-state index in [4.69, 9.17) is 28.3 Å². The molecule has 0 fully saturated rings. The highest BCUT2D eigenvalue weighted by Gasteiger charge is 2.32. The van der Waals surface area contributed by atoms with Crippen LogP contribution >= 0.6 is 23.2 Å². The molecule has 112 valence electrons. The lowest BCUT2D eigenvalue weighted by Gasteiger charge is -2.19. The number of halogens is 3. The second-order valence-corrected chi connectivity index (χ2v) is 7.49. The Kier molecular flexibility index (Phi) is 5.58. The minimum absolute atomic E-state index is 0.0431. The molecule has 1 N–H and O–H groups in total. The van der Waals surface area contributed by atoms with Gasteiger partial charge in [-0.15, -0.1) is 0 Å². The highest BCUT2D eigenvalue weighted by Crippen LogP contribution is 2.40. The molecule has 1 aromatic rings. The number of carboxylic acid groups (broad SMARTS) is 1. The van der Waals surface area contributed by atoms with Gasteiger partial charge in [0.25, 0.3) is 4.59 Å². The third-order valence-corrected chi connectivity index (χ3v) is 5.01. The lowest BCUT2D eigenvalue weighted by Crippen LogP contribution is -2.16. The number of carbonyl (C=O) groups is 1. The van der Waals surface area contributed by atoms with Crippen LogP contribution < -0.4 is 0 Å². The molecule has 0 bridgehead atoms. The van der Waals surface area contributed by atoms with Gasteiger partial charge in [0, 0.05) is 11.3 Å². The van der Waals surface area contributed by atoms with Gasteiger partial charge in [-0.2, -0.15) is 0 Å². The largest absolute Gasteiger partial charge is 0.478 e. The second kappa shape index (κ2) is 6.41. The molecular weight excluding hydrogens is 326 g/mol. The summed E-state index contributed by atoms with van der Waals surface area (Å²) in [6.45, 7) is 5.19. The quantitative estimate of drug-likeness (QED) is 0.823. The standard InChI is InChI=1S/C13H15Cl2FO3S/c1-7(2)6-20(19)11-8(3)9(12(17)18)4-5-10(11)13(14,15)16/h4-5,7H,6H2,1-3H3,(H,17,18)/t20-/m1/s1. The van der Waals surface area contributed by atoms with Gasteiger partial charge >= 0.3 is 5.97 Å². The van der Waals surface area contributed by atoms with Gasteiger partial charge in [0.05, 0.1) is 21.3 Å². The van der Waals surface area contributed by atoms with E-state index in [2.05, 4.69) is 0 Å². The van der Waals surface area contributed by atoms with E-state index in [1.165, 1.54) is 19.1 Å². The van der Waals surface area contributed by atoms with Crippen LogP contribution in [0.15, 0.2) is 17.0 Å². The molecule has 0 saturated carbocycles. The van der Waals surface area contributed by atoms with E-state index in [1.807, 2.05) is 13.8 Å². The zero-order valence-corrected chi connectivity index (χ0v) is 13.6. The summed E-state index contributed by atoms with van der Waals surface area (Å²) in [5.74, 6) is -0.817. The Balaban J connectivity index is 3.53. The highest BCUT2D eigenvalue weighted by atomic mass is 35.5. The van der Waals surface area contributed by atoms with Crippen molar-refractivity contribution < 1.29 is 18.5 Å². The summed E-state index contributed by atoms with van der Waals surface area (Å²) in [5, 5.41) is 9.09. The van der Waals surface area contributed by atoms with Crippen LogP contribution in [0.1, 0.15) is 35.3 Å². The summed E-state index contributed by atoms with van der Waals surface area (Å²) in [6, 6.07) is 2.38. The van der Waals surface area contributed by atoms with Crippen LogP contribution in [0.2, 0.25) is 0 Å². The number of hydrogen-bond acceptors (Lipinski definition) is 2. The van der Waals surface area contributed by atoms with E-state index in [-0.39, 0.29) is 33.3 Å². The van der Waals surface area contributed by atoms with Crippen LogP contribution in [0.25, 0.3) is 0 Å². The molecule has 0 aliphatic carbocycles. The normalized spacial score (nSPS) is 13.6. The molecule has 0 aliphatic rings. The van der Waals surface area contributed by atoms with E-state index in [9.17, 15) is 13.4 Å². The number of hydrogen-bond donors (Lipinski definition) is 1. The van der Waals surface area contributed by atoms with E-state index < -0.39 is 21.4 Å². The van der Waals surface area contributed by atoms with Crippen molar-refractivity contribution in [1.82, 2.24) is 0 Å². The molecule has 1 aromatic carbocycles. The van der Waals surface area contributed by atoms with Crippen molar-refractivity contribution in [2.45, 2.75) is 30.3 Å². The minimum Gasteiger partial charge on any atom is -0.478 e. The van der Waals surface area contributed by atoms with Crippen molar-refractivity contribution in [3.05, 3.63) is 28.8 Å². The summed E-state index contributed by atoms with van der Waals surface area (Å²) in [7, 11) is -1.58. The Hall–Kier alpha value is -0.650. The molecule has 0 aromatic heterocycles. The first-order chi connectivity index (χ1) is 9.05. The van der Waals surface area contributed by atoms with E-state index in [0.29, 0.717) is 0 Å². The Morgan fingerprint density at radius 1 is 1.45 bits per heavy atom. The molecule has 0 unspecified atom stereocenters. The van der Waals surface area contributed by atoms with Crippen molar-refractivity contribution >= 4 is 40.0 Å². The SMILES string of the molecule is Cc1c(C(=O)O)ccc(C(F)(Cl)Cl)c1[S@](=O)CC(C)C. The Bertz CT molecular complexity index is 553. The highest BCUT2D eigenvalue weighted by molar-refractivity contribution is 7.85. The number of benzene rings is 1. The molecule has 3 nitrogen and oxygen atoms in total. The molecule has 20 heavy (non-hydrogen) atoms. The van der Waals surface area contributed by atoms with Gasteiger partial charge in [0.1, 0.15) is 0 Å². The minimum atomic E-state index is -2.72. The second-order valence-electron chi connectivity index (χ2n) is 4.82. The van der Waals surface area contributed by atoms with Crippen LogP contribution in [-0.2, 0) is 15.4 Å². The van der Waals surface area contributed by atoms with E-state index in [1.54, 1.807) is 0 Å². The first-order valence-electron chi connectivity index (χ1n) is 5.88. The molecule has 0 saturated heterocycles. The molecule has 1 rings (SSSR count). The van der Waals surface area contributed by atoms with Crippen molar-refractivity contribution in [3.8, 4) is 0 Å². The zero-order chi connectivity index (χ0) is 15.7. The van der Waals surface area contributed by atoms with Crippen molar-refractivity contribution in [3.63, 3.8) is 0 Å². The van der Waals surface area contributed by atoms with Gasteiger partial charge in [-0.3, -0.25) is 4.21 Å². The average molecular weight is 341 g/mol. The van der Waals surface area contributed by atoms with Gasteiger partial charge in [0.15, 0.2) is 0 Å². The number of rotatable bonds is 5. The Morgan fingerprint density at radius 2 is 2.00 bits per heavy atom. The third-order valence-electron chi connectivity index (χ3n) is 2.65. The molecule has 7 heteroatoms. The van der Waals surface area contributed by atoms with Crippen molar-refractivity contribution in [2.24, 2.45) is 5.92 Å². The molecule has 0 spiro atoms. The first kappa shape index (κ1) is 17.4. The smallest absolute Gasteiger partial charge is 0.335 e. The van der Waals surface area contributed by atoms with Gasteiger partial charge in [0.2, 0.25) is 0 Å². The van der Waals surface area contributed by atoms with Crippen LogP contribution in [0.4, 0.5) is 4.39 Å². The van der Waals surface area contributed by atoms with Gasteiger partial charge in [-0.1, -0.05) is 43.1 Å². The fourth-order valence-electron chi connectivity index (χ4n) is 1.83. The van der Waals surface area contributed by atoms with Crippen molar-refractivity contribution in [1.29, 1.82) is 0 Å². The number of alkyl halides is 3. The molecule has 1 atom stereocenters. The topological polar surface area (TPSA) is 54.4 Å². The Morgan fingerprint density at radius 3 is 2.40 bits per heavy atom. The van der Waals surface area contributed by atoms with Gasteiger partial charge < -0.3 is 5.11 Å². The average Bonchev–Trinajstić information content (AvgIpc) is 2.25. The number of carboxylic acids is 1. The van der Waals surface area contributed by atoms with Gasteiger partial charge in [-0.05, 0) is 24.5 Å². The maximum atomic E-state index is 13.8. The van der Waals surface area contributed by atoms with Crippen LogP contribution in [-0.4, -0.2) is 21.0 Å². The third kappa shape index (κ3) is 3.93. The number of aromatic carboxylic acids is 1. The van der Waals surface area contributed by atoms with E-state index >= 15 is 0 Å². The summed E-state index contributed by atoms with van der Waals surface area (Å²) in [6.07, 6.45) is 0. The summed E-state index contributed by atoms with van der Waals surface area (Å²) >= 11 is 10.9. The fraction of sp³-hybridized carbons (Fsp3) is 0.462. The Labute approximate surface area is 129 Å². The summed E-state index contributed by atoms with van der Waals surface area (Å²) in [5.41, 5.74) is 0.0121. The maximum Gasteiger partial charge on any atom is 0.335 e. The van der Waals surface area contributed by atoms with Crippen LogP contribution in [0.5, 0.6) is 0 Å². The molecule has 0 aliphatic heterocycles. The predicted molar refractivity (Wildman–Crippen MR) is 78.7 cm³/mol. The van der Waals surface area contributed by atoms with Crippen LogP contribution in [0, 0.1) is 12.8 Å². The van der Waals surface area contributed by atoms with Gasteiger partial charge in [-0.25, -0.2) is 9.18 Å². The zero-order valence-electron chi connectivity index (χ0n) is 11.2. The molecule has 0 amide bonds. The lowest BCUT2D eigenvalue weighted by atomic mass is 10.1. The van der Waals surface area contributed by atoms with E-state index in [0.717, 1.165) is 0 Å². The monoisotopic (exact) mass is 340 g/mol. The fourth-order valence-corrected chi connectivity index (χ4v) is 3.93. The van der Waals surface area contributed by atoms with Crippen molar-refractivity contribution in [2.75, 3.05) is 5.75 Å². The summed E-state index contributed by atoms with van der Waals surface area (Å²) < 4.78 is 23.5. The maximum absolute atomic E-state index is 13.8. The molecular formula is C13H15Cl2FO3S. The first-order valence-corrected chi connectivity index (χ1v) is 7.95.